The topological polar surface area (TPSA) is 25.8 Å². The van der Waals surface area contributed by atoms with Crippen molar-refractivity contribution in [3.63, 3.8) is 0 Å². The van der Waals surface area contributed by atoms with E-state index in [1.165, 1.54) is 100 Å². The molecule has 9 aromatic rings. The van der Waals surface area contributed by atoms with Gasteiger partial charge in [0.25, 0.3) is 0 Å². The zero-order valence-electron chi connectivity index (χ0n) is 27.3. The monoisotopic (exact) mass is 704 g/mol. The minimum atomic E-state index is 0.413. The van der Waals surface area contributed by atoms with Crippen molar-refractivity contribution < 1.29 is 0 Å². The summed E-state index contributed by atoms with van der Waals surface area (Å²) in [4.78, 5) is 11.6. The first-order chi connectivity index (χ1) is 25.2. The van der Waals surface area contributed by atoms with Gasteiger partial charge in [0.15, 0.2) is 0 Å². The van der Waals surface area contributed by atoms with Crippen molar-refractivity contribution in [2.24, 2.45) is 0 Å². The number of allylic oxidation sites excluding steroid dienone is 4. The van der Waals surface area contributed by atoms with E-state index in [-0.39, 0.29) is 0 Å². The van der Waals surface area contributed by atoms with Crippen LogP contribution in [0.1, 0.15) is 23.5 Å². The van der Waals surface area contributed by atoms with E-state index in [0.717, 1.165) is 6.42 Å². The molecule has 0 bridgehead atoms. The lowest BCUT2D eigenvalue weighted by atomic mass is 9.86. The van der Waals surface area contributed by atoms with Gasteiger partial charge in [0, 0.05) is 75.9 Å². The molecular weight excluding hydrogens is 677 g/mol. The van der Waals surface area contributed by atoms with Crippen LogP contribution >= 0.6 is 34.4 Å². The number of thiophene rings is 2. The van der Waals surface area contributed by atoms with E-state index in [2.05, 4.69) is 144 Å². The van der Waals surface area contributed by atoms with Gasteiger partial charge in [0.2, 0.25) is 0 Å². The average Bonchev–Trinajstić information content (AvgIpc) is 3.88. The van der Waals surface area contributed by atoms with E-state index in [0.29, 0.717) is 5.92 Å². The molecule has 51 heavy (non-hydrogen) atoms. The molecule has 0 saturated carbocycles. The van der Waals surface area contributed by atoms with Crippen LogP contribution in [0.4, 0.5) is 0 Å². The molecule has 0 spiro atoms. The van der Waals surface area contributed by atoms with Crippen LogP contribution < -0.4 is 0 Å². The quantitative estimate of drug-likeness (QED) is 0.182. The minimum absolute atomic E-state index is 0.413. The van der Waals surface area contributed by atoms with E-state index < -0.39 is 0 Å². The maximum atomic E-state index is 4.44. The summed E-state index contributed by atoms with van der Waals surface area (Å²) >= 11 is 5.61. The fourth-order valence-corrected chi connectivity index (χ4v) is 11.2. The lowest BCUT2D eigenvalue weighted by Crippen LogP contribution is -2.02. The van der Waals surface area contributed by atoms with E-state index in [1.807, 2.05) is 53.0 Å². The van der Waals surface area contributed by atoms with Gasteiger partial charge in [-0.15, -0.1) is 22.7 Å². The van der Waals surface area contributed by atoms with Crippen molar-refractivity contribution in [1.82, 2.24) is 9.97 Å². The van der Waals surface area contributed by atoms with Gasteiger partial charge in [-0.2, -0.15) is 0 Å². The predicted molar refractivity (Wildman–Crippen MR) is 220 cm³/mol. The zero-order chi connectivity index (χ0) is 33.5. The third-order valence-corrected chi connectivity index (χ3v) is 14.0. The fraction of sp³-hybridized carbons (Fsp3) is 0.0435. The molecule has 5 heteroatoms. The predicted octanol–water partition coefficient (Wildman–Crippen LogP) is 13.8. The molecule has 240 valence electrons. The molecule has 1 aliphatic carbocycles. The van der Waals surface area contributed by atoms with Crippen molar-refractivity contribution in [3.05, 3.63) is 168 Å². The van der Waals surface area contributed by atoms with Crippen molar-refractivity contribution in [3.8, 4) is 33.4 Å². The molecule has 5 heterocycles. The van der Waals surface area contributed by atoms with Crippen molar-refractivity contribution in [1.29, 1.82) is 0 Å². The Bertz CT molecular complexity index is 2940. The minimum Gasteiger partial charge on any atom is -0.264 e. The van der Waals surface area contributed by atoms with Crippen LogP contribution in [0.25, 0.3) is 79.3 Å². The Morgan fingerprint density at radius 3 is 1.67 bits per heavy atom. The number of aromatic nitrogens is 2. The van der Waals surface area contributed by atoms with Gasteiger partial charge in [-0.05, 0) is 122 Å². The molecule has 0 fully saturated rings. The molecule has 0 amide bonds. The van der Waals surface area contributed by atoms with Crippen LogP contribution in [0.5, 0.6) is 0 Å². The lowest BCUT2D eigenvalue weighted by molar-refractivity contribution is 0.842. The molecule has 1 unspecified atom stereocenters. The van der Waals surface area contributed by atoms with Gasteiger partial charge in [0.1, 0.15) is 0 Å². The second kappa shape index (κ2) is 11.6. The molecule has 11 rings (SSSR count). The van der Waals surface area contributed by atoms with E-state index in [1.54, 1.807) is 0 Å². The lowest BCUT2D eigenvalue weighted by Gasteiger charge is -2.19. The molecular formula is C46H28N2S3. The van der Waals surface area contributed by atoms with Gasteiger partial charge < -0.3 is 0 Å². The standard InChI is InChI=1S/C46H28N2S3/c1-3-27(28-4-2-6-30(20-28)32-8-13-43-37(23-32)39-25-47-17-15-45(39)50-43)19-29(5-1)31-7-11-41-35(21-31)36-22-33(9-12-42(36)49-41)34-10-14-44-38(24-34)40-26-48-18-16-46(40)51-44/h1-23,25-26,38H,24H2. The number of hydrogen-bond acceptors (Lipinski definition) is 5. The Hall–Kier alpha value is -5.33. The molecule has 1 atom stereocenters. The normalized spacial score (nSPS) is 15.3. The highest BCUT2D eigenvalue weighted by Gasteiger charge is 2.31. The van der Waals surface area contributed by atoms with Gasteiger partial charge in [-0.25, -0.2) is 0 Å². The number of hydrogen-bond donors (Lipinski definition) is 0. The average molecular weight is 705 g/mol. The number of thioether (sulfide) groups is 1. The largest absolute Gasteiger partial charge is 0.264 e. The Morgan fingerprint density at radius 1 is 0.471 bits per heavy atom. The molecule has 4 aromatic heterocycles. The smallest absolute Gasteiger partial charge is 0.0386 e. The summed E-state index contributed by atoms with van der Waals surface area (Å²) in [5.74, 6) is 0.413. The van der Waals surface area contributed by atoms with Gasteiger partial charge in [-0.3, -0.25) is 9.97 Å². The Morgan fingerprint density at radius 2 is 1.00 bits per heavy atom. The summed E-state index contributed by atoms with van der Waals surface area (Å²) in [7, 11) is 0. The second-order valence-corrected chi connectivity index (χ2v) is 16.7. The first-order valence-electron chi connectivity index (χ1n) is 17.2. The van der Waals surface area contributed by atoms with Crippen molar-refractivity contribution in [2.45, 2.75) is 17.2 Å². The summed E-state index contributed by atoms with van der Waals surface area (Å²) in [6.07, 6.45) is 13.5. The Kier molecular flexibility index (Phi) is 6.69. The Labute approximate surface area is 307 Å². The molecule has 2 aliphatic rings. The first kappa shape index (κ1) is 29.4. The summed E-state index contributed by atoms with van der Waals surface area (Å²) in [5.41, 5.74) is 11.4. The van der Waals surface area contributed by atoms with E-state index in [4.69, 9.17) is 0 Å². The Balaban J connectivity index is 0.930. The fourth-order valence-electron chi connectivity index (χ4n) is 7.86. The highest BCUT2D eigenvalue weighted by Crippen LogP contribution is 2.53. The van der Waals surface area contributed by atoms with Crippen LogP contribution in [-0.4, -0.2) is 9.97 Å². The van der Waals surface area contributed by atoms with E-state index >= 15 is 0 Å². The number of pyridine rings is 2. The molecule has 0 radical (unpaired) electrons. The van der Waals surface area contributed by atoms with Crippen LogP contribution in [0.15, 0.2) is 162 Å². The molecule has 5 aromatic carbocycles. The molecule has 0 N–H and O–H groups in total. The molecule has 0 saturated heterocycles. The summed E-state index contributed by atoms with van der Waals surface area (Å²) in [5, 5.41) is 5.16. The van der Waals surface area contributed by atoms with E-state index in [9.17, 15) is 0 Å². The highest BCUT2D eigenvalue weighted by atomic mass is 32.2. The summed E-state index contributed by atoms with van der Waals surface area (Å²) in [6.45, 7) is 0. The summed E-state index contributed by atoms with van der Waals surface area (Å²) in [6, 6.07) is 43.0. The van der Waals surface area contributed by atoms with Crippen LogP contribution in [0.2, 0.25) is 0 Å². The second-order valence-electron chi connectivity index (χ2n) is 13.4. The van der Waals surface area contributed by atoms with Crippen LogP contribution in [0.3, 0.4) is 0 Å². The molecule has 2 nitrogen and oxygen atoms in total. The van der Waals surface area contributed by atoms with Gasteiger partial charge in [-0.1, -0.05) is 78.5 Å². The van der Waals surface area contributed by atoms with Crippen molar-refractivity contribution >= 4 is 80.4 Å². The van der Waals surface area contributed by atoms with Crippen LogP contribution in [0, 0.1) is 0 Å². The number of fused-ring (bicyclic) bond motifs is 9. The number of rotatable bonds is 4. The zero-order valence-corrected chi connectivity index (χ0v) is 29.8. The number of benzene rings is 5. The highest BCUT2D eigenvalue weighted by molar-refractivity contribution is 8.03. The maximum Gasteiger partial charge on any atom is 0.0386 e. The van der Waals surface area contributed by atoms with Crippen molar-refractivity contribution in [2.75, 3.05) is 0 Å². The van der Waals surface area contributed by atoms with Crippen LogP contribution in [-0.2, 0) is 0 Å². The van der Waals surface area contributed by atoms with Gasteiger partial charge >= 0.3 is 0 Å². The summed E-state index contributed by atoms with van der Waals surface area (Å²) < 4.78 is 5.24. The molecule has 1 aliphatic heterocycles. The maximum absolute atomic E-state index is 4.44. The third-order valence-electron chi connectivity index (χ3n) is 10.5. The third kappa shape index (κ3) is 4.91. The number of nitrogens with zero attached hydrogens (tertiary/aromatic N) is 2. The first-order valence-corrected chi connectivity index (χ1v) is 19.6. The van der Waals surface area contributed by atoms with Gasteiger partial charge in [0.05, 0.1) is 0 Å². The SMILES string of the molecule is C1=C(c2ccc3sc4ccc(-c5cccc(-c6cccc(-c7ccc8sc9ccncc9c8c7)c6)c5)cc4c3c2)CC2C(=C1)Sc1ccncc12.